The Labute approximate surface area is 214 Å². The van der Waals surface area contributed by atoms with Crippen molar-refractivity contribution in [2.75, 3.05) is 13.1 Å². The van der Waals surface area contributed by atoms with Gasteiger partial charge in [-0.25, -0.2) is 4.79 Å². The second-order valence-electron chi connectivity index (χ2n) is 9.23. The van der Waals surface area contributed by atoms with Gasteiger partial charge in [-0.05, 0) is 36.5 Å². The van der Waals surface area contributed by atoms with E-state index in [4.69, 9.17) is 5.73 Å². The van der Waals surface area contributed by atoms with Gasteiger partial charge in [0.2, 0.25) is 17.7 Å². The Morgan fingerprint density at radius 1 is 1.05 bits per heavy atom. The summed E-state index contributed by atoms with van der Waals surface area (Å²) in [5, 5.41) is 15.5. The van der Waals surface area contributed by atoms with Gasteiger partial charge >= 0.3 is 5.97 Å². The monoisotopic (exact) mass is 505 g/mol. The molecule has 37 heavy (non-hydrogen) atoms. The van der Waals surface area contributed by atoms with Crippen molar-refractivity contribution in [3.05, 3.63) is 71.9 Å². The molecule has 3 atom stereocenters. The van der Waals surface area contributed by atoms with Gasteiger partial charge in [-0.2, -0.15) is 0 Å². The lowest BCUT2D eigenvalue weighted by atomic mass is 10.0. The number of carbonyl (C=O) groups is 4. The first kappa shape index (κ1) is 25.9. The number of aromatic amines is 1. The first-order valence-electron chi connectivity index (χ1n) is 12.3. The van der Waals surface area contributed by atoms with Crippen LogP contribution < -0.4 is 16.4 Å². The first-order valence-corrected chi connectivity index (χ1v) is 12.3. The fourth-order valence-corrected chi connectivity index (χ4v) is 4.72. The Morgan fingerprint density at radius 2 is 1.78 bits per heavy atom. The minimum atomic E-state index is -1.17. The molecule has 1 aliphatic rings. The van der Waals surface area contributed by atoms with Crippen molar-refractivity contribution < 1.29 is 24.3 Å². The molecule has 2 aromatic carbocycles. The Morgan fingerprint density at radius 3 is 2.54 bits per heavy atom. The lowest BCUT2D eigenvalue weighted by molar-refractivity contribution is -0.142. The molecular weight excluding hydrogens is 474 g/mol. The highest BCUT2D eigenvalue weighted by molar-refractivity contribution is 5.93. The number of hydrogen-bond donors (Lipinski definition) is 5. The van der Waals surface area contributed by atoms with E-state index in [1.54, 1.807) is 24.3 Å². The molecule has 3 aromatic rings. The van der Waals surface area contributed by atoms with E-state index in [2.05, 4.69) is 15.6 Å². The van der Waals surface area contributed by atoms with Gasteiger partial charge in [-0.3, -0.25) is 14.4 Å². The van der Waals surface area contributed by atoms with Crippen LogP contribution in [0, 0.1) is 0 Å². The van der Waals surface area contributed by atoms with Crippen LogP contribution in [0.1, 0.15) is 24.0 Å². The van der Waals surface area contributed by atoms with Crippen molar-refractivity contribution in [2.45, 2.75) is 43.8 Å². The number of amides is 3. The van der Waals surface area contributed by atoms with E-state index < -0.39 is 42.5 Å². The van der Waals surface area contributed by atoms with E-state index in [0.717, 1.165) is 22.0 Å². The largest absolute Gasteiger partial charge is 0.480 e. The van der Waals surface area contributed by atoms with Crippen LogP contribution in [0.15, 0.2) is 60.8 Å². The van der Waals surface area contributed by atoms with Gasteiger partial charge in [0.05, 0.1) is 12.6 Å². The SMILES string of the molecule is NC(Cc1c[nH]c2ccccc12)C(=O)N1CCCC1C(=O)NCC(=O)NC(Cc1ccccc1)C(=O)O. The molecule has 4 rings (SSSR count). The van der Waals surface area contributed by atoms with Crippen LogP contribution in [0.3, 0.4) is 0 Å². The van der Waals surface area contributed by atoms with Crippen molar-refractivity contribution >= 4 is 34.6 Å². The quantitative estimate of drug-likeness (QED) is 0.276. The molecule has 10 nitrogen and oxygen atoms in total. The molecule has 1 fully saturated rings. The predicted molar refractivity (Wildman–Crippen MR) is 137 cm³/mol. The molecule has 194 valence electrons. The fourth-order valence-electron chi connectivity index (χ4n) is 4.72. The minimum Gasteiger partial charge on any atom is -0.480 e. The number of nitrogens with two attached hydrogens (primary N) is 1. The summed E-state index contributed by atoms with van der Waals surface area (Å²) in [6.07, 6.45) is 3.40. The van der Waals surface area contributed by atoms with Gasteiger partial charge in [0.1, 0.15) is 12.1 Å². The highest BCUT2D eigenvalue weighted by Crippen LogP contribution is 2.22. The van der Waals surface area contributed by atoms with E-state index in [1.807, 2.05) is 36.5 Å². The fraction of sp³-hybridized carbons (Fsp3) is 0.333. The average molecular weight is 506 g/mol. The Balaban J connectivity index is 1.30. The predicted octanol–water partition coefficient (Wildman–Crippen LogP) is 0.957. The van der Waals surface area contributed by atoms with E-state index in [-0.39, 0.29) is 12.3 Å². The summed E-state index contributed by atoms with van der Waals surface area (Å²) in [6.45, 7) is 0.0141. The third-order valence-corrected chi connectivity index (χ3v) is 6.61. The van der Waals surface area contributed by atoms with Gasteiger partial charge in [0.15, 0.2) is 0 Å². The maximum absolute atomic E-state index is 13.1. The second kappa shape index (κ2) is 11.7. The summed E-state index contributed by atoms with van der Waals surface area (Å²) < 4.78 is 0. The van der Waals surface area contributed by atoms with Crippen LogP contribution in [0.4, 0.5) is 0 Å². The number of aliphatic carboxylic acids is 1. The molecule has 2 heterocycles. The van der Waals surface area contributed by atoms with Gasteiger partial charge in [-0.1, -0.05) is 48.5 Å². The number of likely N-dealkylation sites (tertiary alicyclic amines) is 1. The van der Waals surface area contributed by atoms with Gasteiger partial charge in [0.25, 0.3) is 0 Å². The molecule has 3 amide bonds. The highest BCUT2D eigenvalue weighted by atomic mass is 16.4. The van der Waals surface area contributed by atoms with Crippen LogP contribution in [0.2, 0.25) is 0 Å². The third kappa shape index (κ3) is 6.34. The summed E-state index contributed by atoms with van der Waals surface area (Å²) in [5.41, 5.74) is 8.91. The molecule has 1 aliphatic heterocycles. The summed E-state index contributed by atoms with van der Waals surface area (Å²) >= 11 is 0. The molecular formula is C27H31N5O5. The minimum absolute atomic E-state index is 0.120. The van der Waals surface area contributed by atoms with Crippen molar-refractivity contribution in [3.63, 3.8) is 0 Å². The number of nitrogens with zero attached hydrogens (tertiary/aromatic N) is 1. The van der Waals surface area contributed by atoms with Crippen LogP contribution in [-0.2, 0) is 32.0 Å². The molecule has 3 unspecified atom stereocenters. The van der Waals surface area contributed by atoms with E-state index >= 15 is 0 Å². The van der Waals surface area contributed by atoms with Gasteiger partial charge in [-0.15, -0.1) is 0 Å². The van der Waals surface area contributed by atoms with Crippen molar-refractivity contribution in [1.82, 2.24) is 20.5 Å². The zero-order chi connectivity index (χ0) is 26.4. The lowest BCUT2D eigenvalue weighted by Gasteiger charge is -2.26. The van der Waals surface area contributed by atoms with Gasteiger partial charge in [0, 0.05) is 30.1 Å². The molecule has 0 radical (unpaired) electrons. The molecule has 1 saturated heterocycles. The zero-order valence-corrected chi connectivity index (χ0v) is 20.4. The molecule has 0 spiro atoms. The van der Waals surface area contributed by atoms with Gasteiger partial charge < -0.3 is 31.4 Å². The van der Waals surface area contributed by atoms with Crippen molar-refractivity contribution in [2.24, 2.45) is 5.73 Å². The Hall–Kier alpha value is -4.18. The van der Waals surface area contributed by atoms with Crippen LogP contribution in [0.5, 0.6) is 0 Å². The van der Waals surface area contributed by atoms with Crippen molar-refractivity contribution in [1.29, 1.82) is 0 Å². The topological polar surface area (TPSA) is 158 Å². The molecule has 1 aromatic heterocycles. The van der Waals surface area contributed by atoms with E-state index in [1.165, 1.54) is 4.90 Å². The highest BCUT2D eigenvalue weighted by Gasteiger charge is 2.36. The third-order valence-electron chi connectivity index (χ3n) is 6.61. The number of para-hydroxylation sites is 1. The smallest absolute Gasteiger partial charge is 0.326 e. The summed E-state index contributed by atoms with van der Waals surface area (Å²) in [5.74, 6) is -2.57. The number of H-pyrrole nitrogens is 1. The number of aromatic nitrogens is 1. The number of rotatable bonds is 10. The Bertz CT molecular complexity index is 1270. The molecule has 0 saturated carbocycles. The van der Waals surface area contributed by atoms with Crippen LogP contribution >= 0.6 is 0 Å². The average Bonchev–Trinajstić information content (AvgIpc) is 3.55. The normalized spacial score (nSPS) is 16.8. The van der Waals surface area contributed by atoms with Crippen LogP contribution in [-0.4, -0.2) is 69.9 Å². The number of hydrogen-bond acceptors (Lipinski definition) is 5. The van der Waals surface area contributed by atoms with Crippen molar-refractivity contribution in [3.8, 4) is 0 Å². The van der Waals surface area contributed by atoms with E-state index in [9.17, 15) is 24.3 Å². The molecule has 10 heteroatoms. The maximum Gasteiger partial charge on any atom is 0.326 e. The second-order valence-corrected chi connectivity index (χ2v) is 9.23. The standard InChI is InChI=1S/C27H31N5O5/c28-20(14-18-15-29-21-10-5-4-9-19(18)21)26(35)32-12-6-11-23(32)25(34)30-16-24(33)31-22(27(36)37)13-17-7-2-1-3-8-17/h1-5,7-10,15,20,22-23,29H,6,11-14,16,28H2,(H,30,34)(H,31,33)(H,36,37). The zero-order valence-electron chi connectivity index (χ0n) is 20.4. The lowest BCUT2D eigenvalue weighted by Crippen LogP contribution is -2.53. The molecule has 0 aliphatic carbocycles. The number of carboxylic acid groups (broad SMARTS) is 1. The Kier molecular flexibility index (Phi) is 8.19. The number of carbonyl (C=O) groups excluding carboxylic acids is 3. The molecule has 0 bridgehead atoms. The summed E-state index contributed by atoms with van der Waals surface area (Å²) in [7, 11) is 0. The number of benzene rings is 2. The summed E-state index contributed by atoms with van der Waals surface area (Å²) in [6, 6.07) is 14.0. The van der Waals surface area contributed by atoms with Crippen LogP contribution in [0.25, 0.3) is 10.9 Å². The van der Waals surface area contributed by atoms with E-state index in [0.29, 0.717) is 25.8 Å². The number of carboxylic acids is 1. The maximum atomic E-state index is 13.1. The first-order chi connectivity index (χ1) is 17.8. The summed E-state index contributed by atoms with van der Waals surface area (Å²) in [4.78, 5) is 54.6. The molecule has 6 N–H and O–H groups in total. The number of nitrogens with one attached hydrogen (secondary N) is 3. The number of fused-ring (bicyclic) bond motifs is 1.